The molecule has 2 aromatic rings. The molecular formula is C29H34O7. The van der Waals surface area contributed by atoms with E-state index in [1.54, 1.807) is 36.4 Å². The Balaban J connectivity index is 2.03. The number of benzene rings is 2. The van der Waals surface area contributed by atoms with Gasteiger partial charge >= 0.3 is 5.97 Å². The molecule has 36 heavy (non-hydrogen) atoms. The molecule has 0 spiro atoms. The average molecular weight is 495 g/mol. The van der Waals surface area contributed by atoms with Gasteiger partial charge in [-0.25, -0.2) is 0 Å². The summed E-state index contributed by atoms with van der Waals surface area (Å²) in [7, 11) is 2.94. The molecule has 2 aromatic carbocycles. The van der Waals surface area contributed by atoms with Crippen LogP contribution in [0.25, 0.3) is 12.2 Å². The van der Waals surface area contributed by atoms with E-state index in [1.807, 2.05) is 13.8 Å². The number of carbonyl (C=O) groups excluding carboxylic acids is 3. The summed E-state index contributed by atoms with van der Waals surface area (Å²) in [6, 6.07) is 9.76. The van der Waals surface area contributed by atoms with Gasteiger partial charge in [-0.1, -0.05) is 51.0 Å². The van der Waals surface area contributed by atoms with Gasteiger partial charge in [-0.3, -0.25) is 14.4 Å². The first-order valence-corrected chi connectivity index (χ1v) is 12.0. The molecule has 0 bridgehead atoms. The van der Waals surface area contributed by atoms with Crippen molar-refractivity contribution in [3.63, 3.8) is 0 Å². The third-order valence-electron chi connectivity index (χ3n) is 5.48. The lowest BCUT2D eigenvalue weighted by Crippen LogP contribution is -2.20. The fourth-order valence-electron chi connectivity index (χ4n) is 3.62. The quantitative estimate of drug-likeness (QED) is 0.154. The summed E-state index contributed by atoms with van der Waals surface area (Å²) in [6.45, 7) is 4.06. The molecular weight excluding hydrogens is 460 g/mol. The van der Waals surface area contributed by atoms with Gasteiger partial charge in [0.05, 0.1) is 26.6 Å². The van der Waals surface area contributed by atoms with E-state index in [2.05, 4.69) is 0 Å². The van der Waals surface area contributed by atoms with E-state index in [1.165, 1.54) is 38.5 Å². The summed E-state index contributed by atoms with van der Waals surface area (Å²) in [5.74, 6) is -0.216. The second kappa shape index (κ2) is 14.5. The molecule has 0 aliphatic heterocycles. The molecule has 0 unspecified atom stereocenters. The minimum atomic E-state index is -0.373. The summed E-state index contributed by atoms with van der Waals surface area (Å²) in [6.07, 6.45) is 8.67. The Morgan fingerprint density at radius 2 is 1.33 bits per heavy atom. The highest BCUT2D eigenvalue weighted by Gasteiger charge is 2.20. The van der Waals surface area contributed by atoms with Crippen LogP contribution in [0.4, 0.5) is 0 Å². The zero-order valence-corrected chi connectivity index (χ0v) is 21.3. The van der Waals surface area contributed by atoms with E-state index in [0.717, 1.165) is 25.7 Å². The van der Waals surface area contributed by atoms with Crippen molar-refractivity contribution in [1.82, 2.24) is 0 Å². The molecule has 0 fully saturated rings. The Bertz CT molecular complexity index is 1110. The first-order chi connectivity index (χ1) is 17.3. The van der Waals surface area contributed by atoms with Gasteiger partial charge in [-0.2, -0.15) is 0 Å². The molecule has 2 rings (SSSR count). The Morgan fingerprint density at radius 1 is 0.806 bits per heavy atom. The number of phenolic OH excluding ortho intramolecular Hbond substituents is 1. The molecule has 0 saturated heterocycles. The molecule has 0 heterocycles. The van der Waals surface area contributed by atoms with E-state index < -0.39 is 0 Å². The number of aromatic hydroxyl groups is 1. The summed E-state index contributed by atoms with van der Waals surface area (Å²) in [5.41, 5.74) is 1.23. The Morgan fingerprint density at radius 3 is 1.83 bits per heavy atom. The highest BCUT2D eigenvalue weighted by Crippen LogP contribution is 2.30. The Labute approximate surface area is 212 Å². The van der Waals surface area contributed by atoms with E-state index >= 15 is 0 Å². The predicted molar refractivity (Wildman–Crippen MR) is 139 cm³/mol. The van der Waals surface area contributed by atoms with Crippen LogP contribution >= 0.6 is 0 Å². The standard InChI is InChI=1S/C29H34O7/c1-5-7-22(8-6-2)29(33)36-28-18-21(12-16-27(28)35-4)10-14-24(31)19-23(30)13-9-20-11-15-26(34-3)25(32)17-20/h9-18,22,32H,5-8,19H2,1-4H3/b13-9+,14-10+. The van der Waals surface area contributed by atoms with E-state index in [9.17, 15) is 19.5 Å². The number of allylic oxidation sites excluding steroid dienone is 2. The van der Waals surface area contributed by atoms with Crippen molar-refractivity contribution >= 4 is 29.7 Å². The molecule has 0 amide bonds. The van der Waals surface area contributed by atoms with Crippen LogP contribution in [-0.4, -0.2) is 36.9 Å². The van der Waals surface area contributed by atoms with Crippen LogP contribution in [0.5, 0.6) is 23.0 Å². The minimum absolute atomic E-state index is 0.0399. The number of phenols is 1. The Hall–Kier alpha value is -3.87. The van der Waals surface area contributed by atoms with Gasteiger partial charge in [-0.05, 0) is 60.4 Å². The fraction of sp³-hybridized carbons (Fsp3) is 0.345. The number of ketones is 2. The van der Waals surface area contributed by atoms with Crippen LogP contribution in [0, 0.1) is 5.92 Å². The van der Waals surface area contributed by atoms with Crippen molar-refractivity contribution in [2.75, 3.05) is 14.2 Å². The van der Waals surface area contributed by atoms with Crippen molar-refractivity contribution in [1.29, 1.82) is 0 Å². The largest absolute Gasteiger partial charge is 0.504 e. The normalized spacial score (nSPS) is 11.2. The van der Waals surface area contributed by atoms with Crippen LogP contribution in [-0.2, 0) is 14.4 Å². The zero-order valence-electron chi connectivity index (χ0n) is 21.3. The van der Waals surface area contributed by atoms with Gasteiger partial charge in [0.15, 0.2) is 34.6 Å². The summed E-state index contributed by atoms with van der Waals surface area (Å²) in [4.78, 5) is 37.1. The minimum Gasteiger partial charge on any atom is -0.504 e. The Kier molecular flexibility index (Phi) is 11.4. The van der Waals surface area contributed by atoms with Crippen molar-refractivity contribution in [2.45, 2.75) is 46.0 Å². The molecule has 7 nitrogen and oxygen atoms in total. The molecule has 7 heteroatoms. The SMILES string of the molecule is CCCC(CCC)C(=O)Oc1cc(/C=C/C(=O)CC(=O)/C=C/c2ccc(OC)c(O)c2)ccc1OC. The van der Waals surface area contributed by atoms with Crippen molar-refractivity contribution in [3.05, 3.63) is 59.7 Å². The third kappa shape index (κ3) is 8.73. The lowest BCUT2D eigenvalue weighted by Gasteiger charge is -2.16. The summed E-state index contributed by atoms with van der Waals surface area (Å²) < 4.78 is 15.9. The third-order valence-corrected chi connectivity index (χ3v) is 5.48. The first kappa shape index (κ1) is 28.4. The fourth-order valence-corrected chi connectivity index (χ4v) is 3.62. The van der Waals surface area contributed by atoms with Crippen molar-refractivity contribution in [2.24, 2.45) is 5.92 Å². The van der Waals surface area contributed by atoms with Crippen LogP contribution < -0.4 is 14.2 Å². The molecule has 0 aromatic heterocycles. The topological polar surface area (TPSA) is 99.1 Å². The predicted octanol–water partition coefficient (Wildman–Crippen LogP) is 5.79. The zero-order chi connectivity index (χ0) is 26.5. The first-order valence-electron chi connectivity index (χ1n) is 12.0. The highest BCUT2D eigenvalue weighted by atomic mass is 16.6. The van der Waals surface area contributed by atoms with Crippen LogP contribution in [0.2, 0.25) is 0 Å². The molecule has 0 saturated carbocycles. The van der Waals surface area contributed by atoms with Crippen molar-refractivity contribution in [3.8, 4) is 23.0 Å². The number of esters is 1. The number of ether oxygens (including phenoxy) is 3. The number of hydrogen-bond acceptors (Lipinski definition) is 7. The lowest BCUT2D eigenvalue weighted by atomic mass is 9.98. The summed E-state index contributed by atoms with van der Waals surface area (Å²) >= 11 is 0. The molecule has 192 valence electrons. The molecule has 0 radical (unpaired) electrons. The average Bonchev–Trinajstić information content (AvgIpc) is 2.86. The van der Waals surface area contributed by atoms with Gasteiger partial charge in [0, 0.05) is 0 Å². The van der Waals surface area contributed by atoms with Gasteiger partial charge < -0.3 is 19.3 Å². The van der Waals surface area contributed by atoms with E-state index in [0.29, 0.717) is 22.6 Å². The van der Waals surface area contributed by atoms with Gasteiger partial charge in [-0.15, -0.1) is 0 Å². The number of carbonyl (C=O) groups is 3. The van der Waals surface area contributed by atoms with E-state index in [-0.39, 0.29) is 41.4 Å². The maximum absolute atomic E-state index is 12.7. The van der Waals surface area contributed by atoms with Gasteiger partial charge in [0.25, 0.3) is 0 Å². The number of methoxy groups -OCH3 is 2. The van der Waals surface area contributed by atoms with E-state index in [4.69, 9.17) is 14.2 Å². The number of hydrogen-bond donors (Lipinski definition) is 1. The van der Waals surface area contributed by atoms with Crippen molar-refractivity contribution < 1.29 is 33.7 Å². The molecule has 0 aliphatic carbocycles. The van der Waals surface area contributed by atoms with Crippen LogP contribution in [0.15, 0.2) is 48.6 Å². The molecule has 1 N–H and O–H groups in total. The van der Waals surface area contributed by atoms with Crippen LogP contribution in [0.3, 0.4) is 0 Å². The molecule has 0 aliphatic rings. The van der Waals surface area contributed by atoms with Gasteiger partial charge in [0.1, 0.15) is 0 Å². The summed E-state index contributed by atoms with van der Waals surface area (Å²) in [5, 5.41) is 9.81. The monoisotopic (exact) mass is 494 g/mol. The second-order valence-electron chi connectivity index (χ2n) is 8.31. The van der Waals surface area contributed by atoms with Gasteiger partial charge in [0.2, 0.25) is 0 Å². The highest BCUT2D eigenvalue weighted by molar-refractivity contribution is 6.10. The number of rotatable bonds is 14. The maximum Gasteiger partial charge on any atom is 0.314 e. The molecule has 0 atom stereocenters. The van der Waals surface area contributed by atoms with Crippen LogP contribution in [0.1, 0.15) is 57.1 Å². The second-order valence-corrected chi connectivity index (χ2v) is 8.31. The lowest BCUT2D eigenvalue weighted by molar-refractivity contribution is -0.139. The smallest absolute Gasteiger partial charge is 0.314 e. The maximum atomic E-state index is 12.7.